The number of benzene rings is 1. The van der Waals surface area contributed by atoms with Gasteiger partial charge in [-0.2, -0.15) is 0 Å². The lowest BCUT2D eigenvalue weighted by atomic mass is 9.98. The van der Waals surface area contributed by atoms with Crippen molar-refractivity contribution in [3.8, 4) is 0 Å². The highest BCUT2D eigenvalue weighted by molar-refractivity contribution is 6.52. The lowest BCUT2D eigenvalue weighted by molar-refractivity contribution is -0.120. The van der Waals surface area contributed by atoms with Crippen LogP contribution in [0.15, 0.2) is 28.9 Å². The monoisotopic (exact) mass is 416 g/mol. The molecule has 0 unspecified atom stereocenters. The lowest BCUT2D eigenvalue weighted by Gasteiger charge is -2.22. The van der Waals surface area contributed by atoms with Crippen LogP contribution >= 0.6 is 11.6 Å². The van der Waals surface area contributed by atoms with Gasteiger partial charge in [0.1, 0.15) is 10.7 Å². The summed E-state index contributed by atoms with van der Waals surface area (Å²) in [5.41, 5.74) is 2.87. The van der Waals surface area contributed by atoms with Gasteiger partial charge in [0.15, 0.2) is 0 Å². The second-order valence-corrected chi connectivity index (χ2v) is 8.90. The summed E-state index contributed by atoms with van der Waals surface area (Å²) in [4.78, 5) is 27.1. The SMILES string of the molecule is Cc1ccc(N2C(=O)C(Cl)=C(NC3CCCCCCCCCCC3)C2=O)c(C)c1. The molecule has 0 saturated heterocycles. The van der Waals surface area contributed by atoms with Crippen molar-refractivity contribution >= 4 is 29.1 Å². The number of rotatable bonds is 3. The van der Waals surface area contributed by atoms with E-state index in [2.05, 4.69) is 5.32 Å². The summed E-state index contributed by atoms with van der Waals surface area (Å²) in [5.74, 6) is -0.766. The van der Waals surface area contributed by atoms with Gasteiger partial charge in [0.05, 0.1) is 5.69 Å². The molecule has 0 spiro atoms. The van der Waals surface area contributed by atoms with Gasteiger partial charge in [0, 0.05) is 6.04 Å². The third-order valence-electron chi connectivity index (χ3n) is 6.07. The van der Waals surface area contributed by atoms with Crippen molar-refractivity contribution in [3.05, 3.63) is 40.1 Å². The fourth-order valence-electron chi connectivity index (χ4n) is 4.41. The first kappa shape index (κ1) is 21.9. The van der Waals surface area contributed by atoms with Gasteiger partial charge in [-0.05, 0) is 38.3 Å². The summed E-state index contributed by atoms with van der Waals surface area (Å²) in [6.45, 7) is 3.90. The maximum absolute atomic E-state index is 13.1. The molecule has 158 valence electrons. The van der Waals surface area contributed by atoms with E-state index < -0.39 is 5.91 Å². The Morgan fingerprint density at radius 3 is 1.97 bits per heavy atom. The molecule has 0 aromatic heterocycles. The molecule has 1 saturated carbocycles. The van der Waals surface area contributed by atoms with Crippen molar-refractivity contribution in [1.29, 1.82) is 0 Å². The van der Waals surface area contributed by atoms with Gasteiger partial charge in [-0.25, -0.2) is 4.90 Å². The van der Waals surface area contributed by atoms with E-state index in [1.807, 2.05) is 32.0 Å². The number of aryl methyl sites for hydroxylation is 2. The van der Waals surface area contributed by atoms with Crippen LogP contribution in [0.5, 0.6) is 0 Å². The topological polar surface area (TPSA) is 49.4 Å². The van der Waals surface area contributed by atoms with Crippen molar-refractivity contribution in [3.63, 3.8) is 0 Å². The van der Waals surface area contributed by atoms with Gasteiger partial charge < -0.3 is 5.32 Å². The molecule has 3 rings (SSSR count). The Bertz CT molecular complexity index is 775. The van der Waals surface area contributed by atoms with Crippen LogP contribution < -0.4 is 10.2 Å². The number of halogens is 1. The van der Waals surface area contributed by atoms with Crippen molar-refractivity contribution in [1.82, 2.24) is 5.32 Å². The second-order valence-electron chi connectivity index (χ2n) is 8.53. The summed E-state index contributed by atoms with van der Waals surface area (Å²) < 4.78 is 0. The maximum atomic E-state index is 13.1. The summed E-state index contributed by atoms with van der Waals surface area (Å²) >= 11 is 6.36. The Morgan fingerprint density at radius 2 is 1.41 bits per heavy atom. The molecular weight excluding hydrogens is 384 g/mol. The van der Waals surface area contributed by atoms with E-state index in [9.17, 15) is 9.59 Å². The molecule has 1 aromatic carbocycles. The van der Waals surface area contributed by atoms with E-state index in [0.29, 0.717) is 5.69 Å². The number of nitrogens with zero attached hydrogens (tertiary/aromatic N) is 1. The largest absolute Gasteiger partial charge is 0.376 e. The average Bonchev–Trinajstić information content (AvgIpc) is 2.88. The highest BCUT2D eigenvalue weighted by Gasteiger charge is 2.40. The Morgan fingerprint density at radius 1 is 0.862 bits per heavy atom. The first-order valence-electron chi connectivity index (χ1n) is 11.1. The van der Waals surface area contributed by atoms with Crippen LogP contribution in [0.2, 0.25) is 0 Å². The summed E-state index contributed by atoms with van der Waals surface area (Å²) in [5, 5.41) is 3.38. The normalized spacial score (nSPS) is 20.6. The zero-order chi connectivity index (χ0) is 20.8. The quantitative estimate of drug-likeness (QED) is 0.625. The molecular formula is C24H33ClN2O2. The molecule has 1 fully saturated rings. The van der Waals surface area contributed by atoms with Crippen LogP contribution in [-0.4, -0.2) is 17.9 Å². The summed E-state index contributed by atoms with van der Waals surface area (Å²) in [6.07, 6.45) is 13.4. The van der Waals surface area contributed by atoms with Gasteiger partial charge in [-0.1, -0.05) is 87.1 Å². The zero-order valence-electron chi connectivity index (χ0n) is 17.7. The van der Waals surface area contributed by atoms with E-state index >= 15 is 0 Å². The van der Waals surface area contributed by atoms with Crippen molar-refractivity contribution < 1.29 is 9.59 Å². The van der Waals surface area contributed by atoms with E-state index in [1.54, 1.807) is 0 Å². The Hall–Kier alpha value is -1.81. The fraction of sp³-hybridized carbons (Fsp3) is 0.583. The Labute approximate surface area is 179 Å². The second kappa shape index (κ2) is 10.3. The van der Waals surface area contributed by atoms with Crippen LogP contribution in [0.1, 0.15) is 81.8 Å². The molecule has 2 aliphatic rings. The molecule has 1 aliphatic carbocycles. The summed E-state index contributed by atoms with van der Waals surface area (Å²) in [7, 11) is 0. The smallest absolute Gasteiger partial charge is 0.283 e. The number of imide groups is 1. The molecule has 0 atom stereocenters. The minimum atomic E-state index is -0.431. The number of amides is 2. The molecule has 0 bridgehead atoms. The standard InChI is InChI=1S/C24H33ClN2O2/c1-17-14-15-20(18(2)16-17)27-23(28)21(25)22(24(27)29)26-19-12-10-8-6-4-3-5-7-9-11-13-19/h14-16,19,26H,3-13H2,1-2H3. The highest BCUT2D eigenvalue weighted by atomic mass is 35.5. The van der Waals surface area contributed by atoms with Gasteiger partial charge in [-0.3, -0.25) is 9.59 Å². The lowest BCUT2D eigenvalue weighted by Crippen LogP contribution is -2.37. The minimum absolute atomic E-state index is 0.0149. The highest BCUT2D eigenvalue weighted by Crippen LogP contribution is 2.31. The number of carbonyl (C=O) groups excluding carboxylic acids is 2. The van der Waals surface area contributed by atoms with Gasteiger partial charge >= 0.3 is 0 Å². The molecule has 1 aromatic rings. The number of hydrogen-bond acceptors (Lipinski definition) is 3. The third kappa shape index (κ3) is 5.42. The number of carbonyl (C=O) groups is 2. The van der Waals surface area contributed by atoms with E-state index in [4.69, 9.17) is 11.6 Å². The molecule has 29 heavy (non-hydrogen) atoms. The first-order valence-corrected chi connectivity index (χ1v) is 11.5. The number of nitrogens with one attached hydrogen (secondary N) is 1. The summed E-state index contributed by atoms with van der Waals surface area (Å²) in [6, 6.07) is 5.90. The van der Waals surface area contributed by atoms with E-state index in [-0.39, 0.29) is 22.7 Å². The van der Waals surface area contributed by atoms with Crippen molar-refractivity contribution in [2.45, 2.75) is 90.5 Å². The fourth-order valence-corrected chi connectivity index (χ4v) is 4.63. The minimum Gasteiger partial charge on any atom is -0.376 e. The van der Waals surface area contributed by atoms with Crippen molar-refractivity contribution in [2.75, 3.05) is 4.90 Å². The molecule has 2 amide bonds. The van der Waals surface area contributed by atoms with Crippen LogP contribution in [0.3, 0.4) is 0 Å². The molecule has 5 heteroatoms. The number of hydrogen-bond donors (Lipinski definition) is 1. The zero-order valence-corrected chi connectivity index (χ0v) is 18.5. The van der Waals surface area contributed by atoms with E-state index in [0.717, 1.165) is 36.8 Å². The molecule has 4 nitrogen and oxygen atoms in total. The average molecular weight is 417 g/mol. The van der Waals surface area contributed by atoms with Gasteiger partial charge in [-0.15, -0.1) is 0 Å². The number of anilines is 1. The van der Waals surface area contributed by atoms with Crippen LogP contribution in [0.25, 0.3) is 0 Å². The van der Waals surface area contributed by atoms with Crippen LogP contribution in [-0.2, 0) is 9.59 Å². The predicted octanol–water partition coefficient (Wildman–Crippen LogP) is 5.89. The van der Waals surface area contributed by atoms with Crippen LogP contribution in [0.4, 0.5) is 5.69 Å². The molecule has 1 heterocycles. The van der Waals surface area contributed by atoms with Gasteiger partial charge in [0.2, 0.25) is 0 Å². The van der Waals surface area contributed by atoms with Gasteiger partial charge in [0.25, 0.3) is 11.8 Å². The third-order valence-corrected chi connectivity index (χ3v) is 6.42. The predicted molar refractivity (Wildman–Crippen MR) is 119 cm³/mol. The van der Waals surface area contributed by atoms with Crippen molar-refractivity contribution in [2.24, 2.45) is 0 Å². The van der Waals surface area contributed by atoms with E-state index in [1.165, 1.54) is 49.8 Å². The molecule has 0 radical (unpaired) electrons. The Balaban J connectivity index is 1.72. The first-order chi connectivity index (χ1) is 14.0. The molecule has 1 aliphatic heterocycles. The Kier molecular flexibility index (Phi) is 7.77. The molecule has 1 N–H and O–H groups in total. The maximum Gasteiger partial charge on any atom is 0.283 e. The van der Waals surface area contributed by atoms with Crippen LogP contribution in [0, 0.1) is 13.8 Å².